The van der Waals surface area contributed by atoms with E-state index in [0.717, 1.165) is 11.8 Å². The van der Waals surface area contributed by atoms with Gasteiger partial charge in [0.15, 0.2) is 9.84 Å². The molecule has 0 bridgehead atoms. The number of nitrogens with one attached hydrogen (secondary N) is 1. The number of carbonyl (C=O) groups is 1. The van der Waals surface area contributed by atoms with E-state index in [1.807, 2.05) is 31.2 Å². The smallest absolute Gasteiger partial charge is 0.253 e. The molecule has 0 radical (unpaired) electrons. The standard InChI is InChI=1S/C17H19NO4S/c1-12(13-8-4-6-10-15(13)22-2)18-17(19)14-9-5-7-11-16(14)23(3,20)21/h4-12H,1-3H3,(H,18,19). The van der Waals surface area contributed by atoms with Gasteiger partial charge in [0.05, 0.1) is 23.6 Å². The molecule has 0 saturated heterocycles. The molecule has 0 aromatic heterocycles. The predicted molar refractivity (Wildman–Crippen MR) is 88.4 cm³/mol. The van der Waals surface area contributed by atoms with Gasteiger partial charge in [0.25, 0.3) is 5.91 Å². The van der Waals surface area contributed by atoms with Crippen LogP contribution in [0, 0.1) is 0 Å². The zero-order valence-corrected chi connectivity index (χ0v) is 14.1. The Bertz CT molecular complexity index is 815. The fourth-order valence-corrected chi connectivity index (χ4v) is 3.24. The Morgan fingerprint density at radius 1 is 1.09 bits per heavy atom. The number of methoxy groups -OCH3 is 1. The molecule has 0 heterocycles. The van der Waals surface area contributed by atoms with Crippen LogP contribution >= 0.6 is 0 Å². The summed E-state index contributed by atoms with van der Waals surface area (Å²) in [6.45, 7) is 1.82. The second kappa shape index (κ2) is 6.83. The van der Waals surface area contributed by atoms with Gasteiger partial charge in [-0.05, 0) is 25.1 Å². The molecule has 2 aromatic rings. The van der Waals surface area contributed by atoms with E-state index in [1.165, 1.54) is 12.1 Å². The van der Waals surface area contributed by atoms with Crippen LogP contribution in [0.15, 0.2) is 53.4 Å². The number of hydrogen-bond acceptors (Lipinski definition) is 4. The molecule has 23 heavy (non-hydrogen) atoms. The summed E-state index contributed by atoms with van der Waals surface area (Å²) in [6.07, 6.45) is 1.09. The van der Waals surface area contributed by atoms with Gasteiger partial charge in [-0.1, -0.05) is 30.3 Å². The lowest BCUT2D eigenvalue weighted by molar-refractivity contribution is 0.0936. The van der Waals surface area contributed by atoms with Gasteiger partial charge in [-0.15, -0.1) is 0 Å². The third-order valence-corrected chi connectivity index (χ3v) is 4.64. The Morgan fingerprint density at radius 3 is 2.35 bits per heavy atom. The van der Waals surface area contributed by atoms with Crippen LogP contribution in [0.5, 0.6) is 5.75 Å². The summed E-state index contributed by atoms with van der Waals surface area (Å²) in [7, 11) is -1.92. The third kappa shape index (κ3) is 3.90. The number of carbonyl (C=O) groups excluding carboxylic acids is 1. The molecule has 0 spiro atoms. The van der Waals surface area contributed by atoms with Crippen molar-refractivity contribution in [1.29, 1.82) is 0 Å². The number of rotatable bonds is 5. The van der Waals surface area contributed by atoms with Crippen molar-refractivity contribution >= 4 is 15.7 Å². The lowest BCUT2D eigenvalue weighted by atomic mass is 10.1. The van der Waals surface area contributed by atoms with E-state index >= 15 is 0 Å². The summed E-state index contributed by atoms with van der Waals surface area (Å²) in [5, 5.41) is 2.82. The number of hydrogen-bond donors (Lipinski definition) is 1. The molecule has 0 aliphatic carbocycles. The highest BCUT2D eigenvalue weighted by atomic mass is 32.2. The van der Waals surface area contributed by atoms with Crippen LogP contribution in [0.3, 0.4) is 0 Å². The van der Waals surface area contributed by atoms with Gasteiger partial charge >= 0.3 is 0 Å². The maximum atomic E-state index is 12.5. The van der Waals surface area contributed by atoms with Crippen molar-refractivity contribution in [3.05, 3.63) is 59.7 Å². The van der Waals surface area contributed by atoms with Crippen LogP contribution in [0.4, 0.5) is 0 Å². The summed E-state index contributed by atoms with van der Waals surface area (Å²) < 4.78 is 28.9. The molecule has 2 aromatic carbocycles. The average molecular weight is 333 g/mol. The molecule has 1 N–H and O–H groups in total. The summed E-state index contributed by atoms with van der Waals surface area (Å²) in [5.41, 5.74) is 0.955. The molecule has 0 fully saturated rings. The lowest BCUT2D eigenvalue weighted by Gasteiger charge is -2.18. The van der Waals surface area contributed by atoms with Crippen LogP contribution in [0.1, 0.15) is 28.9 Å². The van der Waals surface area contributed by atoms with Gasteiger partial charge < -0.3 is 10.1 Å². The Balaban J connectivity index is 2.30. The molecular formula is C17H19NO4S. The fourth-order valence-electron chi connectivity index (χ4n) is 2.35. The maximum absolute atomic E-state index is 12.5. The topological polar surface area (TPSA) is 72.5 Å². The summed E-state index contributed by atoms with van der Waals surface area (Å²) >= 11 is 0. The first-order valence-corrected chi connectivity index (χ1v) is 8.96. The first-order valence-electron chi connectivity index (χ1n) is 7.07. The molecule has 2 rings (SSSR count). The molecule has 1 amide bonds. The first-order chi connectivity index (χ1) is 10.8. The van der Waals surface area contributed by atoms with E-state index < -0.39 is 15.7 Å². The molecular weight excluding hydrogens is 314 g/mol. The Labute approximate surface area is 136 Å². The number of sulfone groups is 1. The average Bonchev–Trinajstić information content (AvgIpc) is 2.53. The van der Waals surface area contributed by atoms with Gasteiger partial charge in [0, 0.05) is 11.8 Å². The molecule has 6 heteroatoms. The van der Waals surface area contributed by atoms with Crippen LogP contribution in [-0.4, -0.2) is 27.7 Å². The van der Waals surface area contributed by atoms with Crippen LogP contribution in [0.25, 0.3) is 0 Å². The molecule has 1 atom stereocenters. The van der Waals surface area contributed by atoms with Gasteiger partial charge in [-0.25, -0.2) is 8.42 Å². The van der Waals surface area contributed by atoms with Crippen LogP contribution in [-0.2, 0) is 9.84 Å². The number of ether oxygens (including phenoxy) is 1. The molecule has 1 unspecified atom stereocenters. The number of amides is 1. The Morgan fingerprint density at radius 2 is 1.70 bits per heavy atom. The molecule has 122 valence electrons. The summed E-state index contributed by atoms with van der Waals surface area (Å²) in [6, 6.07) is 13.2. The maximum Gasteiger partial charge on any atom is 0.253 e. The predicted octanol–water partition coefficient (Wildman–Crippen LogP) is 2.59. The first kappa shape index (κ1) is 17.0. The quantitative estimate of drug-likeness (QED) is 0.913. The molecule has 0 saturated carbocycles. The monoisotopic (exact) mass is 333 g/mol. The van der Waals surface area contributed by atoms with Crippen molar-refractivity contribution in [1.82, 2.24) is 5.32 Å². The second-order valence-corrected chi connectivity index (χ2v) is 7.19. The number of benzene rings is 2. The highest BCUT2D eigenvalue weighted by Crippen LogP contribution is 2.25. The van der Waals surface area contributed by atoms with Crippen molar-refractivity contribution < 1.29 is 17.9 Å². The minimum absolute atomic E-state index is 0.0183. The van der Waals surface area contributed by atoms with Crippen LogP contribution < -0.4 is 10.1 Å². The van der Waals surface area contributed by atoms with Crippen molar-refractivity contribution in [2.45, 2.75) is 17.9 Å². The van der Waals surface area contributed by atoms with Crippen molar-refractivity contribution in [2.75, 3.05) is 13.4 Å². The Hall–Kier alpha value is -2.34. The third-order valence-electron chi connectivity index (χ3n) is 3.48. The van der Waals surface area contributed by atoms with Gasteiger partial charge in [0.1, 0.15) is 5.75 Å². The van der Waals surface area contributed by atoms with E-state index in [4.69, 9.17) is 4.74 Å². The van der Waals surface area contributed by atoms with E-state index in [0.29, 0.717) is 5.75 Å². The van der Waals surface area contributed by atoms with Crippen molar-refractivity contribution in [2.24, 2.45) is 0 Å². The SMILES string of the molecule is COc1ccccc1C(C)NC(=O)c1ccccc1S(C)(=O)=O. The fraction of sp³-hybridized carbons (Fsp3) is 0.235. The number of para-hydroxylation sites is 1. The highest BCUT2D eigenvalue weighted by Gasteiger charge is 2.20. The minimum atomic E-state index is -3.48. The Kier molecular flexibility index (Phi) is 5.05. The summed E-state index contributed by atoms with van der Waals surface area (Å²) in [5.74, 6) is 0.223. The van der Waals surface area contributed by atoms with Crippen molar-refractivity contribution in [3.63, 3.8) is 0 Å². The lowest BCUT2D eigenvalue weighted by Crippen LogP contribution is -2.28. The van der Waals surface area contributed by atoms with E-state index in [2.05, 4.69) is 5.32 Å². The van der Waals surface area contributed by atoms with Crippen molar-refractivity contribution in [3.8, 4) is 5.75 Å². The van der Waals surface area contributed by atoms with Gasteiger partial charge in [-0.2, -0.15) is 0 Å². The van der Waals surface area contributed by atoms with E-state index in [1.54, 1.807) is 19.2 Å². The van der Waals surface area contributed by atoms with Crippen LogP contribution in [0.2, 0.25) is 0 Å². The second-order valence-electron chi connectivity index (χ2n) is 5.21. The molecule has 0 aliphatic heterocycles. The minimum Gasteiger partial charge on any atom is -0.496 e. The van der Waals surface area contributed by atoms with Gasteiger partial charge in [0.2, 0.25) is 0 Å². The normalized spacial score (nSPS) is 12.5. The zero-order valence-electron chi connectivity index (χ0n) is 13.2. The highest BCUT2D eigenvalue weighted by molar-refractivity contribution is 7.90. The molecule has 5 nitrogen and oxygen atoms in total. The molecule has 0 aliphatic rings. The summed E-state index contributed by atoms with van der Waals surface area (Å²) in [4.78, 5) is 12.5. The zero-order chi connectivity index (χ0) is 17.0. The van der Waals surface area contributed by atoms with Gasteiger partial charge in [-0.3, -0.25) is 4.79 Å². The van der Waals surface area contributed by atoms with E-state index in [9.17, 15) is 13.2 Å². The van der Waals surface area contributed by atoms with E-state index in [-0.39, 0.29) is 16.5 Å². The largest absolute Gasteiger partial charge is 0.496 e.